The number of hydrogen-bond acceptors (Lipinski definition) is 7. The molecule has 0 aliphatic carbocycles. The van der Waals surface area contributed by atoms with E-state index in [1.54, 1.807) is 23.4 Å². The molecule has 10 heteroatoms. The van der Waals surface area contributed by atoms with Crippen LogP contribution in [-0.2, 0) is 11.3 Å². The van der Waals surface area contributed by atoms with Crippen molar-refractivity contribution in [3.8, 4) is 11.1 Å². The van der Waals surface area contributed by atoms with Crippen molar-refractivity contribution in [1.29, 1.82) is 0 Å². The van der Waals surface area contributed by atoms with Crippen molar-refractivity contribution >= 4 is 23.5 Å². The van der Waals surface area contributed by atoms with Gasteiger partial charge in [-0.1, -0.05) is 18.2 Å². The molecule has 0 unspecified atom stereocenters. The first kappa shape index (κ1) is 25.2. The molecule has 0 atom stereocenters. The van der Waals surface area contributed by atoms with Gasteiger partial charge in [0.15, 0.2) is 0 Å². The van der Waals surface area contributed by atoms with Crippen LogP contribution in [0.3, 0.4) is 0 Å². The third-order valence-electron chi connectivity index (χ3n) is 7.89. The number of amides is 2. The Morgan fingerprint density at radius 3 is 2.28 bits per heavy atom. The summed E-state index contributed by atoms with van der Waals surface area (Å²) < 4.78 is 14.3. The molecule has 6 rings (SSSR count). The molecule has 3 aliphatic rings. The van der Waals surface area contributed by atoms with Crippen molar-refractivity contribution in [3.05, 3.63) is 71.8 Å². The maximum absolute atomic E-state index is 14.3. The minimum atomic E-state index is -0.318. The van der Waals surface area contributed by atoms with Crippen LogP contribution in [0.4, 0.5) is 16.0 Å². The molecule has 202 valence electrons. The zero-order valence-electron chi connectivity index (χ0n) is 22.1. The van der Waals surface area contributed by atoms with Gasteiger partial charge in [-0.05, 0) is 36.9 Å². The lowest BCUT2D eigenvalue weighted by Crippen LogP contribution is -2.51. The van der Waals surface area contributed by atoms with E-state index in [0.29, 0.717) is 44.2 Å². The first-order chi connectivity index (χ1) is 19.0. The van der Waals surface area contributed by atoms with E-state index < -0.39 is 0 Å². The van der Waals surface area contributed by atoms with E-state index in [1.807, 2.05) is 29.2 Å². The summed E-state index contributed by atoms with van der Waals surface area (Å²) in [6.45, 7) is 6.52. The predicted octanol–water partition coefficient (Wildman–Crippen LogP) is 2.34. The van der Waals surface area contributed by atoms with Crippen LogP contribution in [0.5, 0.6) is 0 Å². The smallest absolute Gasteiger partial charge is 0.254 e. The number of piperazine rings is 2. The zero-order chi connectivity index (χ0) is 26.9. The molecule has 0 radical (unpaired) electrons. The summed E-state index contributed by atoms with van der Waals surface area (Å²) in [5, 5.41) is 0. The second-order valence-corrected chi connectivity index (χ2v) is 10.4. The van der Waals surface area contributed by atoms with Gasteiger partial charge >= 0.3 is 0 Å². The van der Waals surface area contributed by atoms with Crippen LogP contribution in [0.15, 0.2) is 54.9 Å². The number of aromatic nitrogens is 2. The Labute approximate surface area is 227 Å². The molecule has 2 amide bonds. The monoisotopic (exact) mass is 529 g/mol. The molecule has 3 aromatic rings. The van der Waals surface area contributed by atoms with Gasteiger partial charge in [-0.2, -0.15) is 0 Å². The second-order valence-electron chi connectivity index (χ2n) is 10.4. The minimum absolute atomic E-state index is 0.0527. The summed E-state index contributed by atoms with van der Waals surface area (Å²) in [6, 6.07) is 12.3. The molecular formula is C29H32FN7O2. The third-order valence-corrected chi connectivity index (χ3v) is 7.89. The van der Waals surface area contributed by atoms with Crippen LogP contribution in [-0.4, -0.2) is 102 Å². The number of halogens is 1. The predicted molar refractivity (Wildman–Crippen MR) is 147 cm³/mol. The standard InChI is InChI=1S/C29H32FN7O2/c1-33-8-10-36(11-9-33)29-31-17-22(18-32-29)25-16-23(30)6-7-26(25)34-12-14-35(15-13-34)27(38)20-37-19-21-4-2-3-5-24(21)28(37)39/h2-7,16-18H,8-15,19-20H2,1H3. The average Bonchev–Trinajstić information content (AvgIpc) is 3.28. The van der Waals surface area contributed by atoms with Crippen LogP contribution in [0.25, 0.3) is 11.1 Å². The van der Waals surface area contributed by atoms with Crippen molar-refractivity contribution in [2.24, 2.45) is 0 Å². The van der Waals surface area contributed by atoms with Crippen molar-refractivity contribution in [1.82, 2.24) is 24.7 Å². The first-order valence-electron chi connectivity index (χ1n) is 13.4. The summed E-state index contributed by atoms with van der Waals surface area (Å²) in [4.78, 5) is 45.0. The van der Waals surface area contributed by atoms with Crippen molar-refractivity contribution in [2.75, 3.05) is 75.8 Å². The normalized spacial score (nSPS) is 18.1. The lowest BCUT2D eigenvalue weighted by atomic mass is 10.0. The van der Waals surface area contributed by atoms with Gasteiger partial charge in [0, 0.05) is 93.7 Å². The van der Waals surface area contributed by atoms with E-state index in [0.717, 1.165) is 48.6 Å². The number of fused-ring (bicyclic) bond motifs is 1. The van der Waals surface area contributed by atoms with E-state index in [1.165, 1.54) is 12.1 Å². The number of likely N-dealkylation sites (N-methyl/N-ethyl adjacent to an activating group) is 1. The summed E-state index contributed by atoms with van der Waals surface area (Å²) >= 11 is 0. The van der Waals surface area contributed by atoms with E-state index >= 15 is 0 Å². The first-order valence-corrected chi connectivity index (χ1v) is 13.4. The van der Waals surface area contributed by atoms with Crippen LogP contribution < -0.4 is 9.80 Å². The SMILES string of the molecule is CN1CCN(c2ncc(-c3cc(F)ccc3N3CCN(C(=O)CN4Cc5ccccc5C4=O)CC3)cn2)CC1. The Morgan fingerprint density at radius 2 is 1.56 bits per heavy atom. The van der Waals surface area contributed by atoms with Crippen LogP contribution in [0, 0.1) is 5.82 Å². The number of anilines is 2. The Morgan fingerprint density at radius 1 is 0.872 bits per heavy atom. The minimum Gasteiger partial charge on any atom is -0.367 e. The van der Waals surface area contributed by atoms with Crippen LogP contribution in [0.2, 0.25) is 0 Å². The highest BCUT2D eigenvalue weighted by Gasteiger charge is 2.31. The molecule has 2 saturated heterocycles. The van der Waals surface area contributed by atoms with Crippen molar-refractivity contribution < 1.29 is 14.0 Å². The molecule has 4 heterocycles. The number of rotatable bonds is 5. The second kappa shape index (κ2) is 10.6. The lowest BCUT2D eigenvalue weighted by Gasteiger charge is -2.37. The molecule has 9 nitrogen and oxygen atoms in total. The zero-order valence-corrected chi connectivity index (χ0v) is 22.1. The number of nitrogens with zero attached hydrogens (tertiary/aromatic N) is 7. The molecule has 2 fully saturated rings. The summed E-state index contributed by atoms with van der Waals surface area (Å²) in [5.41, 5.74) is 4.03. The molecule has 1 aromatic heterocycles. The van der Waals surface area contributed by atoms with Gasteiger partial charge < -0.3 is 24.5 Å². The van der Waals surface area contributed by atoms with Gasteiger partial charge in [-0.3, -0.25) is 9.59 Å². The highest BCUT2D eigenvalue weighted by molar-refractivity contribution is 6.00. The van der Waals surface area contributed by atoms with Gasteiger partial charge in [-0.25, -0.2) is 14.4 Å². The Kier molecular flexibility index (Phi) is 6.86. The maximum Gasteiger partial charge on any atom is 0.254 e. The van der Waals surface area contributed by atoms with E-state index in [9.17, 15) is 14.0 Å². The van der Waals surface area contributed by atoms with Crippen molar-refractivity contribution in [2.45, 2.75) is 6.54 Å². The Bertz CT molecular complexity index is 1370. The van der Waals surface area contributed by atoms with Gasteiger partial charge in [-0.15, -0.1) is 0 Å². The van der Waals surface area contributed by atoms with Gasteiger partial charge in [0.25, 0.3) is 5.91 Å². The molecule has 0 bridgehead atoms. The molecule has 0 saturated carbocycles. The summed E-state index contributed by atoms with van der Waals surface area (Å²) in [5.74, 6) is 0.232. The maximum atomic E-state index is 14.3. The Hall–Kier alpha value is -4.05. The van der Waals surface area contributed by atoms with Gasteiger partial charge in [0.1, 0.15) is 12.4 Å². The summed E-state index contributed by atoms with van der Waals surface area (Å²) in [7, 11) is 2.11. The highest BCUT2D eigenvalue weighted by Crippen LogP contribution is 2.32. The van der Waals surface area contributed by atoms with Crippen LogP contribution >= 0.6 is 0 Å². The fourth-order valence-corrected chi connectivity index (χ4v) is 5.55. The van der Waals surface area contributed by atoms with Gasteiger partial charge in [0.2, 0.25) is 11.9 Å². The van der Waals surface area contributed by atoms with E-state index in [4.69, 9.17) is 0 Å². The third kappa shape index (κ3) is 5.16. The summed E-state index contributed by atoms with van der Waals surface area (Å²) in [6.07, 6.45) is 3.54. The molecule has 39 heavy (non-hydrogen) atoms. The van der Waals surface area contributed by atoms with E-state index in [-0.39, 0.29) is 24.2 Å². The molecule has 3 aliphatic heterocycles. The fourth-order valence-electron chi connectivity index (χ4n) is 5.55. The van der Waals surface area contributed by atoms with Gasteiger partial charge in [0.05, 0.1) is 0 Å². The number of hydrogen-bond donors (Lipinski definition) is 0. The van der Waals surface area contributed by atoms with Crippen molar-refractivity contribution in [3.63, 3.8) is 0 Å². The molecular weight excluding hydrogens is 497 g/mol. The average molecular weight is 530 g/mol. The van der Waals surface area contributed by atoms with E-state index in [2.05, 4.69) is 31.7 Å². The van der Waals surface area contributed by atoms with Crippen LogP contribution in [0.1, 0.15) is 15.9 Å². The fraction of sp³-hybridized carbons (Fsp3) is 0.379. The quantitative estimate of drug-likeness (QED) is 0.502. The number of benzene rings is 2. The molecule has 0 N–H and O–H groups in total. The number of carbonyl (C=O) groups is 2. The highest BCUT2D eigenvalue weighted by atomic mass is 19.1. The molecule has 0 spiro atoms. The largest absolute Gasteiger partial charge is 0.367 e. The molecule has 2 aromatic carbocycles. The topological polar surface area (TPSA) is 76.1 Å². The Balaban J connectivity index is 1.11. The number of carbonyl (C=O) groups excluding carboxylic acids is 2. The lowest BCUT2D eigenvalue weighted by molar-refractivity contribution is -0.132.